The van der Waals surface area contributed by atoms with Crippen LogP contribution in [-0.2, 0) is 4.74 Å². The number of likely N-dealkylation sites (N-methyl/N-ethyl adjacent to an activating group) is 1. The van der Waals surface area contributed by atoms with Crippen LogP contribution in [0.5, 0.6) is 0 Å². The average Bonchev–Trinajstić information content (AvgIpc) is 3.17. The Labute approximate surface area is 173 Å². The first kappa shape index (κ1) is 19.2. The molecule has 0 saturated carbocycles. The van der Waals surface area contributed by atoms with Gasteiger partial charge in [-0.1, -0.05) is 97.1 Å². The van der Waals surface area contributed by atoms with Crippen molar-refractivity contribution < 1.29 is 4.74 Å². The van der Waals surface area contributed by atoms with E-state index in [1.165, 1.54) is 22.3 Å². The molecule has 0 N–H and O–H groups in total. The Morgan fingerprint density at radius 2 is 1.66 bits per heavy atom. The summed E-state index contributed by atoms with van der Waals surface area (Å²) in [5.74, 6) is 0.394. The molecule has 2 heteroatoms. The highest BCUT2D eigenvalue weighted by molar-refractivity contribution is 5.65. The van der Waals surface area contributed by atoms with Crippen molar-refractivity contribution in [3.05, 3.63) is 115 Å². The first-order valence-electron chi connectivity index (χ1n) is 10.2. The second kappa shape index (κ2) is 9.40. The second-order valence-corrected chi connectivity index (χ2v) is 7.56. The van der Waals surface area contributed by atoms with Gasteiger partial charge in [-0.3, -0.25) is 4.90 Å². The van der Waals surface area contributed by atoms with Crippen molar-refractivity contribution in [1.29, 1.82) is 0 Å². The maximum Gasteiger partial charge on any atom is 0.126 e. The number of hydrogen-bond donors (Lipinski definition) is 0. The van der Waals surface area contributed by atoms with Gasteiger partial charge in [-0.15, -0.1) is 0 Å². The van der Waals surface area contributed by atoms with Gasteiger partial charge in [-0.2, -0.15) is 0 Å². The van der Waals surface area contributed by atoms with Gasteiger partial charge in [0, 0.05) is 19.0 Å². The van der Waals surface area contributed by atoms with E-state index in [0.717, 1.165) is 13.1 Å². The molecular formula is C27H27NO. The highest BCUT2D eigenvalue weighted by atomic mass is 16.5. The van der Waals surface area contributed by atoms with Crippen molar-refractivity contribution in [3.63, 3.8) is 0 Å². The summed E-state index contributed by atoms with van der Waals surface area (Å²) in [5.41, 5.74) is 5.05. The van der Waals surface area contributed by atoms with Gasteiger partial charge in [0.1, 0.15) is 6.10 Å². The molecule has 1 aliphatic heterocycles. The standard InChI is InChI=1S/C27H27NO/c1-28(20-25-21-29-27-14-8-7-13-26(25)27)19-9-3-4-10-22-15-17-24(18-16-22)23-11-5-2-6-12-23/h2-18,21,26-27H,19-20H2,1H3. The Morgan fingerprint density at radius 1 is 0.897 bits per heavy atom. The third-order valence-corrected chi connectivity index (χ3v) is 5.31. The van der Waals surface area contributed by atoms with Gasteiger partial charge in [0.25, 0.3) is 0 Å². The first-order valence-corrected chi connectivity index (χ1v) is 10.2. The van der Waals surface area contributed by atoms with Crippen LogP contribution in [0.1, 0.15) is 5.56 Å². The molecule has 0 spiro atoms. The van der Waals surface area contributed by atoms with Gasteiger partial charge in [-0.25, -0.2) is 0 Å². The summed E-state index contributed by atoms with van der Waals surface area (Å²) in [6, 6.07) is 19.1. The minimum Gasteiger partial charge on any atom is -0.493 e. The highest BCUT2D eigenvalue weighted by Gasteiger charge is 2.29. The Morgan fingerprint density at radius 3 is 2.48 bits per heavy atom. The summed E-state index contributed by atoms with van der Waals surface area (Å²) in [6.45, 7) is 1.83. The molecule has 2 nitrogen and oxygen atoms in total. The molecule has 0 bridgehead atoms. The van der Waals surface area contributed by atoms with Crippen molar-refractivity contribution in [2.24, 2.45) is 5.92 Å². The van der Waals surface area contributed by atoms with Crippen LogP contribution < -0.4 is 0 Å². The van der Waals surface area contributed by atoms with Crippen LogP contribution in [0.3, 0.4) is 0 Å². The van der Waals surface area contributed by atoms with Crippen molar-refractivity contribution in [3.8, 4) is 11.1 Å². The summed E-state index contributed by atoms with van der Waals surface area (Å²) >= 11 is 0. The first-order chi connectivity index (χ1) is 14.3. The zero-order valence-electron chi connectivity index (χ0n) is 16.8. The number of rotatable bonds is 7. The molecule has 1 heterocycles. The van der Waals surface area contributed by atoms with E-state index in [2.05, 4.69) is 109 Å². The second-order valence-electron chi connectivity index (χ2n) is 7.56. The smallest absolute Gasteiger partial charge is 0.126 e. The molecule has 1 aliphatic carbocycles. The lowest BCUT2D eigenvalue weighted by Gasteiger charge is -2.20. The largest absolute Gasteiger partial charge is 0.493 e. The molecule has 2 aliphatic rings. The molecule has 29 heavy (non-hydrogen) atoms. The normalized spacial score (nSPS) is 20.4. The average molecular weight is 382 g/mol. The number of fused-ring (bicyclic) bond motifs is 1. The number of allylic oxidation sites excluding steroid dienone is 4. The van der Waals surface area contributed by atoms with Crippen molar-refractivity contribution in [1.82, 2.24) is 4.90 Å². The molecule has 146 valence electrons. The molecule has 0 saturated heterocycles. The summed E-state index contributed by atoms with van der Waals surface area (Å²) in [7, 11) is 2.15. The van der Waals surface area contributed by atoms with E-state index in [4.69, 9.17) is 4.74 Å². The van der Waals surface area contributed by atoms with Gasteiger partial charge >= 0.3 is 0 Å². The van der Waals surface area contributed by atoms with Crippen LogP contribution in [0.2, 0.25) is 0 Å². The van der Waals surface area contributed by atoms with Crippen LogP contribution in [0.25, 0.3) is 17.2 Å². The molecule has 0 radical (unpaired) electrons. The Kier molecular flexibility index (Phi) is 6.23. The SMILES string of the molecule is CN(CC=CC=Cc1ccc(-c2ccccc2)cc1)CC1=COC2C=CC=CC12. The third-order valence-electron chi connectivity index (χ3n) is 5.31. The van der Waals surface area contributed by atoms with Gasteiger partial charge in [-0.05, 0) is 35.4 Å². The topological polar surface area (TPSA) is 12.5 Å². The van der Waals surface area contributed by atoms with Crippen molar-refractivity contribution in [2.45, 2.75) is 6.10 Å². The Bertz CT molecular complexity index is 948. The van der Waals surface area contributed by atoms with Gasteiger partial charge in [0.2, 0.25) is 0 Å². The molecule has 2 aromatic rings. The fourth-order valence-corrected chi connectivity index (χ4v) is 3.72. The molecule has 2 atom stereocenters. The van der Waals surface area contributed by atoms with Crippen LogP contribution in [-0.4, -0.2) is 31.1 Å². The summed E-state index contributed by atoms with van der Waals surface area (Å²) in [4.78, 5) is 2.31. The van der Waals surface area contributed by atoms with E-state index in [0.29, 0.717) is 5.92 Å². The van der Waals surface area contributed by atoms with Gasteiger partial charge < -0.3 is 4.74 Å². The molecule has 4 rings (SSSR count). The molecule has 0 fully saturated rings. The Hall–Kier alpha value is -3.10. The highest BCUT2D eigenvalue weighted by Crippen LogP contribution is 2.30. The van der Waals surface area contributed by atoms with Crippen molar-refractivity contribution in [2.75, 3.05) is 20.1 Å². The molecule has 2 aromatic carbocycles. The van der Waals surface area contributed by atoms with E-state index >= 15 is 0 Å². The third kappa shape index (κ3) is 5.04. The van der Waals surface area contributed by atoms with E-state index in [-0.39, 0.29) is 6.10 Å². The van der Waals surface area contributed by atoms with Crippen LogP contribution in [0.15, 0.2) is 109 Å². The predicted octanol–water partition coefficient (Wildman–Crippen LogP) is 5.88. The van der Waals surface area contributed by atoms with Crippen LogP contribution >= 0.6 is 0 Å². The lowest BCUT2D eigenvalue weighted by atomic mass is 9.92. The van der Waals surface area contributed by atoms with Crippen molar-refractivity contribution >= 4 is 6.08 Å². The minimum atomic E-state index is 0.190. The van der Waals surface area contributed by atoms with Crippen LogP contribution in [0.4, 0.5) is 0 Å². The van der Waals surface area contributed by atoms with Crippen LogP contribution in [0, 0.1) is 5.92 Å². The zero-order valence-corrected chi connectivity index (χ0v) is 16.8. The van der Waals surface area contributed by atoms with E-state index < -0.39 is 0 Å². The summed E-state index contributed by atoms with van der Waals surface area (Å²) in [5, 5.41) is 0. The number of hydrogen-bond acceptors (Lipinski definition) is 2. The summed E-state index contributed by atoms with van der Waals surface area (Å²) < 4.78 is 5.74. The lowest BCUT2D eigenvalue weighted by Crippen LogP contribution is -2.25. The van der Waals surface area contributed by atoms with E-state index in [1.807, 2.05) is 12.3 Å². The van der Waals surface area contributed by atoms with Gasteiger partial charge in [0.05, 0.1) is 6.26 Å². The van der Waals surface area contributed by atoms with E-state index in [1.54, 1.807) is 0 Å². The lowest BCUT2D eigenvalue weighted by molar-refractivity contribution is 0.191. The number of benzene rings is 2. The molecule has 0 amide bonds. The maximum atomic E-state index is 5.74. The molecule has 2 unspecified atom stereocenters. The maximum absolute atomic E-state index is 5.74. The minimum absolute atomic E-state index is 0.190. The van der Waals surface area contributed by atoms with Gasteiger partial charge in [0.15, 0.2) is 0 Å². The number of nitrogens with zero attached hydrogens (tertiary/aromatic N) is 1. The molecular weight excluding hydrogens is 354 g/mol. The quantitative estimate of drug-likeness (QED) is 0.555. The fraction of sp³-hybridized carbons (Fsp3) is 0.185. The Balaban J connectivity index is 1.24. The zero-order chi connectivity index (χ0) is 19.9. The summed E-state index contributed by atoms with van der Waals surface area (Å²) in [6.07, 6.45) is 19.2. The predicted molar refractivity (Wildman–Crippen MR) is 122 cm³/mol. The number of ether oxygens (including phenoxy) is 1. The monoisotopic (exact) mass is 381 g/mol. The molecule has 0 aromatic heterocycles. The van der Waals surface area contributed by atoms with E-state index in [9.17, 15) is 0 Å². The fourth-order valence-electron chi connectivity index (χ4n) is 3.72.